The van der Waals surface area contributed by atoms with E-state index in [0.29, 0.717) is 23.4 Å². The second kappa shape index (κ2) is 7.60. The van der Waals surface area contributed by atoms with E-state index in [2.05, 4.69) is 38.8 Å². The van der Waals surface area contributed by atoms with Gasteiger partial charge in [-0.3, -0.25) is 0 Å². The number of aryl methyl sites for hydroxylation is 1. The van der Waals surface area contributed by atoms with Crippen molar-refractivity contribution < 1.29 is 9.13 Å². The van der Waals surface area contributed by atoms with Crippen molar-refractivity contribution in [2.45, 2.75) is 45.7 Å². The average Bonchev–Trinajstić information content (AvgIpc) is 3.26. The van der Waals surface area contributed by atoms with Crippen molar-refractivity contribution in [3.05, 3.63) is 42.2 Å². The van der Waals surface area contributed by atoms with Crippen molar-refractivity contribution in [3.63, 3.8) is 0 Å². The first-order valence-electron chi connectivity index (χ1n) is 10.7. The van der Waals surface area contributed by atoms with Crippen LogP contribution in [-0.2, 0) is 4.74 Å². The molecule has 0 atom stereocenters. The maximum absolute atomic E-state index is 14.9. The van der Waals surface area contributed by atoms with Crippen LogP contribution in [0.1, 0.15) is 38.6 Å². The summed E-state index contributed by atoms with van der Waals surface area (Å²) in [5, 5.41) is 7.99. The number of rotatable bonds is 6. The van der Waals surface area contributed by atoms with Crippen LogP contribution >= 0.6 is 0 Å². The third kappa shape index (κ3) is 3.44. The quantitative estimate of drug-likeness (QED) is 0.491. The van der Waals surface area contributed by atoms with E-state index in [9.17, 15) is 4.39 Å². The number of nitrogens with zero attached hydrogens (tertiary/aromatic N) is 5. The first-order valence-corrected chi connectivity index (χ1v) is 10.7. The lowest BCUT2D eigenvalue weighted by molar-refractivity contribution is 0.104. The van der Waals surface area contributed by atoms with Crippen LogP contribution in [0.5, 0.6) is 0 Å². The van der Waals surface area contributed by atoms with E-state index in [-0.39, 0.29) is 11.9 Å². The number of nitrogens with one attached hydrogen (secondary N) is 1. The number of imidazole rings is 1. The van der Waals surface area contributed by atoms with Crippen LogP contribution in [0.3, 0.4) is 0 Å². The second-order valence-corrected chi connectivity index (χ2v) is 8.72. The van der Waals surface area contributed by atoms with Gasteiger partial charge in [0.15, 0.2) is 5.82 Å². The Labute approximate surface area is 180 Å². The van der Waals surface area contributed by atoms with Crippen LogP contribution in [0.25, 0.3) is 27.7 Å². The van der Waals surface area contributed by atoms with Gasteiger partial charge < -0.3 is 14.6 Å². The number of methoxy groups -OCH3 is 1. The zero-order valence-electron chi connectivity index (χ0n) is 18.3. The highest BCUT2D eigenvalue weighted by Gasteiger charge is 2.29. The number of hydrogen-bond acceptors (Lipinski definition) is 5. The summed E-state index contributed by atoms with van der Waals surface area (Å²) in [5.41, 5.74) is 3.73. The molecule has 8 heteroatoms. The maximum atomic E-state index is 14.9. The van der Waals surface area contributed by atoms with E-state index >= 15 is 0 Å². The van der Waals surface area contributed by atoms with Gasteiger partial charge in [0.1, 0.15) is 11.3 Å². The summed E-state index contributed by atoms with van der Waals surface area (Å²) >= 11 is 0. The summed E-state index contributed by atoms with van der Waals surface area (Å²) in [7, 11) is 1.74. The van der Waals surface area contributed by atoms with Gasteiger partial charge in [-0.15, -0.1) is 5.10 Å². The van der Waals surface area contributed by atoms with Gasteiger partial charge in [-0.2, -0.15) is 0 Å². The Morgan fingerprint density at radius 3 is 2.81 bits per heavy atom. The fourth-order valence-corrected chi connectivity index (χ4v) is 4.69. The molecule has 4 aromatic rings. The second-order valence-electron chi connectivity index (χ2n) is 8.72. The molecule has 3 aromatic heterocycles. The zero-order valence-corrected chi connectivity index (χ0v) is 18.3. The molecule has 1 fully saturated rings. The van der Waals surface area contributed by atoms with E-state index in [1.165, 1.54) is 0 Å². The number of fused-ring (bicyclic) bond motifs is 2. The third-order valence-electron chi connectivity index (χ3n) is 6.14. The lowest BCUT2D eigenvalue weighted by Gasteiger charge is -2.35. The summed E-state index contributed by atoms with van der Waals surface area (Å²) in [6.07, 6.45) is 5.81. The highest BCUT2D eigenvalue weighted by Crippen LogP contribution is 2.33. The predicted octanol–water partition coefficient (Wildman–Crippen LogP) is 4.61. The minimum absolute atomic E-state index is 0.192. The molecular formula is C23H27FN6O. The smallest absolute Gasteiger partial charge is 0.241 e. The van der Waals surface area contributed by atoms with Crippen LogP contribution in [0, 0.1) is 18.7 Å². The Kier molecular flexibility index (Phi) is 4.89. The molecule has 0 aliphatic heterocycles. The molecule has 5 rings (SSSR count). The first kappa shape index (κ1) is 19.9. The van der Waals surface area contributed by atoms with Gasteiger partial charge >= 0.3 is 0 Å². The Morgan fingerprint density at radius 1 is 1.26 bits per heavy atom. The predicted molar refractivity (Wildman–Crippen MR) is 119 cm³/mol. The van der Waals surface area contributed by atoms with Gasteiger partial charge in [-0.05, 0) is 63.3 Å². The van der Waals surface area contributed by atoms with E-state index in [4.69, 9.17) is 4.74 Å². The number of ether oxygens (including phenoxy) is 1. The molecule has 1 N–H and O–H groups in total. The molecule has 0 radical (unpaired) electrons. The van der Waals surface area contributed by atoms with Crippen LogP contribution in [0.15, 0.2) is 30.6 Å². The molecule has 0 unspecified atom stereocenters. The number of anilines is 1. The summed E-state index contributed by atoms with van der Waals surface area (Å²) < 4.78 is 24.0. The highest BCUT2D eigenvalue weighted by molar-refractivity contribution is 5.88. The average molecular weight is 423 g/mol. The number of benzene rings is 1. The lowest BCUT2D eigenvalue weighted by Crippen LogP contribution is -2.38. The lowest BCUT2D eigenvalue weighted by atomic mass is 9.81. The molecule has 1 aromatic carbocycles. The van der Waals surface area contributed by atoms with Crippen LogP contribution in [0.2, 0.25) is 0 Å². The zero-order chi connectivity index (χ0) is 21.7. The molecule has 0 saturated heterocycles. The summed E-state index contributed by atoms with van der Waals surface area (Å²) in [6, 6.07) is 6.08. The van der Waals surface area contributed by atoms with E-state index < -0.39 is 0 Å². The summed E-state index contributed by atoms with van der Waals surface area (Å²) in [5.74, 6) is 1.71. The molecule has 1 aliphatic carbocycles. The molecule has 162 valence electrons. The monoisotopic (exact) mass is 422 g/mol. The highest BCUT2D eigenvalue weighted by atomic mass is 19.1. The minimum Gasteiger partial charge on any atom is -0.384 e. The topological polar surface area (TPSA) is 69.3 Å². The van der Waals surface area contributed by atoms with Crippen molar-refractivity contribution in [2.75, 3.05) is 19.0 Å². The summed E-state index contributed by atoms with van der Waals surface area (Å²) in [6.45, 7) is 6.87. The van der Waals surface area contributed by atoms with Crippen molar-refractivity contribution in [2.24, 2.45) is 5.92 Å². The van der Waals surface area contributed by atoms with E-state index in [1.54, 1.807) is 23.9 Å². The SMILES string of the molecule is COCC1CC(Nc2ncc3c(-c4cc(F)c5nc(C)n(C(C)C)c5c4)ccn3n2)C1. The Hall–Kier alpha value is -3.00. The molecule has 31 heavy (non-hydrogen) atoms. The normalized spacial score (nSPS) is 18.8. The first-order chi connectivity index (χ1) is 14.9. The van der Waals surface area contributed by atoms with Gasteiger partial charge in [-0.25, -0.2) is 18.9 Å². The fraction of sp³-hybridized carbons (Fsp3) is 0.435. The van der Waals surface area contributed by atoms with Crippen molar-refractivity contribution in [1.82, 2.24) is 24.1 Å². The fourth-order valence-electron chi connectivity index (χ4n) is 4.69. The Bertz CT molecular complexity index is 1250. The van der Waals surface area contributed by atoms with Gasteiger partial charge in [0.05, 0.1) is 17.2 Å². The van der Waals surface area contributed by atoms with Crippen molar-refractivity contribution in [1.29, 1.82) is 0 Å². The van der Waals surface area contributed by atoms with Crippen LogP contribution in [0.4, 0.5) is 10.3 Å². The van der Waals surface area contributed by atoms with Crippen LogP contribution in [-0.4, -0.2) is 43.9 Å². The Balaban J connectivity index is 1.47. The molecule has 0 spiro atoms. The van der Waals surface area contributed by atoms with Gasteiger partial charge in [0.25, 0.3) is 0 Å². The molecule has 0 bridgehead atoms. The van der Waals surface area contributed by atoms with E-state index in [1.807, 2.05) is 25.3 Å². The van der Waals surface area contributed by atoms with Gasteiger partial charge in [-0.1, -0.05) is 0 Å². The van der Waals surface area contributed by atoms with Crippen LogP contribution < -0.4 is 5.32 Å². The number of hydrogen-bond donors (Lipinski definition) is 1. The number of aromatic nitrogens is 5. The molecule has 7 nitrogen and oxygen atoms in total. The summed E-state index contributed by atoms with van der Waals surface area (Å²) in [4.78, 5) is 8.94. The maximum Gasteiger partial charge on any atom is 0.241 e. The minimum atomic E-state index is -0.316. The Morgan fingerprint density at radius 2 is 2.06 bits per heavy atom. The van der Waals surface area contributed by atoms with Crippen molar-refractivity contribution in [3.8, 4) is 11.1 Å². The molecule has 1 saturated carbocycles. The molecule has 3 heterocycles. The van der Waals surface area contributed by atoms with Gasteiger partial charge in [0, 0.05) is 37.6 Å². The third-order valence-corrected chi connectivity index (χ3v) is 6.14. The molecule has 0 amide bonds. The van der Waals surface area contributed by atoms with E-state index in [0.717, 1.165) is 47.4 Å². The molecular weight excluding hydrogens is 395 g/mol. The largest absolute Gasteiger partial charge is 0.384 e. The van der Waals surface area contributed by atoms with Gasteiger partial charge in [0.2, 0.25) is 5.95 Å². The molecule has 1 aliphatic rings. The standard InChI is InChI=1S/C23H27FN6O/c1-13(2)30-14(3)26-22-19(24)9-16(10-20(22)30)18-5-6-29-21(18)11-25-23(28-29)27-17-7-15(8-17)12-31-4/h5-6,9-11,13,15,17H,7-8,12H2,1-4H3,(H,27,28). The number of halogens is 1. The van der Waals surface area contributed by atoms with Crippen molar-refractivity contribution >= 4 is 22.5 Å².